The van der Waals surface area contributed by atoms with Gasteiger partial charge in [0.05, 0.1) is 24.1 Å². The van der Waals surface area contributed by atoms with Crippen molar-refractivity contribution in [3.63, 3.8) is 0 Å². The van der Waals surface area contributed by atoms with Crippen LogP contribution in [0.2, 0.25) is 0 Å². The van der Waals surface area contributed by atoms with Crippen molar-refractivity contribution in [2.75, 3.05) is 7.11 Å². The zero-order valence-corrected chi connectivity index (χ0v) is 16.1. The molecule has 0 N–H and O–H groups in total. The standard InChI is InChI=1S/C22H23N3O2/c1-13-18-9-8-17-19(14-6-5-7-16(10-14)27-4)25(3)24-21(17)22(18,2)11-15(12-23)20(13)26/h5-7,10-11,13,18H,8-9H2,1-4H3/t13-,18?,22-/m0/s1. The molecule has 4 rings (SSSR count). The maximum atomic E-state index is 12.5. The van der Waals surface area contributed by atoms with Gasteiger partial charge in [-0.15, -0.1) is 0 Å². The smallest absolute Gasteiger partial charge is 0.176 e. The van der Waals surface area contributed by atoms with Gasteiger partial charge in [0, 0.05) is 29.5 Å². The van der Waals surface area contributed by atoms with Gasteiger partial charge in [-0.25, -0.2) is 0 Å². The van der Waals surface area contributed by atoms with E-state index in [9.17, 15) is 10.1 Å². The molecule has 0 aliphatic heterocycles. The van der Waals surface area contributed by atoms with Crippen molar-refractivity contribution in [1.29, 1.82) is 5.26 Å². The molecule has 2 aromatic rings. The molecule has 5 heteroatoms. The summed E-state index contributed by atoms with van der Waals surface area (Å²) >= 11 is 0. The lowest BCUT2D eigenvalue weighted by Gasteiger charge is -2.44. The first-order chi connectivity index (χ1) is 12.9. The van der Waals surface area contributed by atoms with Crippen molar-refractivity contribution in [2.24, 2.45) is 18.9 Å². The SMILES string of the molecule is COc1cccc(-c2c3c(nn2C)[C@@]2(C)C=C(C#N)C(=O)[C@@H](C)C2CC3)c1. The number of ether oxygens (including phenoxy) is 1. The molecule has 0 spiro atoms. The third-order valence-electron chi connectivity index (χ3n) is 6.32. The third-order valence-corrected chi connectivity index (χ3v) is 6.32. The molecule has 2 aliphatic rings. The Morgan fingerprint density at radius 1 is 1.41 bits per heavy atom. The van der Waals surface area contributed by atoms with Gasteiger partial charge in [-0.1, -0.05) is 32.1 Å². The lowest BCUT2D eigenvalue weighted by Crippen LogP contribution is -2.45. The van der Waals surface area contributed by atoms with E-state index in [1.54, 1.807) is 7.11 Å². The molecule has 138 valence electrons. The number of fused-ring (bicyclic) bond motifs is 3. The van der Waals surface area contributed by atoms with E-state index in [0.717, 1.165) is 35.5 Å². The van der Waals surface area contributed by atoms with Crippen LogP contribution in [0.4, 0.5) is 0 Å². The lowest BCUT2D eigenvalue weighted by molar-refractivity contribution is -0.121. The van der Waals surface area contributed by atoms with Crippen LogP contribution in [0.3, 0.4) is 0 Å². The van der Waals surface area contributed by atoms with Gasteiger partial charge in [-0.05, 0) is 30.9 Å². The molecule has 0 bridgehead atoms. The molecule has 1 unspecified atom stereocenters. The second kappa shape index (κ2) is 6.09. The summed E-state index contributed by atoms with van der Waals surface area (Å²) in [6.45, 7) is 4.07. The number of nitrogens with zero attached hydrogens (tertiary/aromatic N) is 3. The number of allylic oxidation sites excluding steroid dienone is 2. The molecule has 0 saturated heterocycles. The summed E-state index contributed by atoms with van der Waals surface area (Å²) in [6.07, 6.45) is 3.65. The number of rotatable bonds is 2. The fraction of sp³-hybridized carbons (Fsp3) is 0.409. The first-order valence-electron chi connectivity index (χ1n) is 9.28. The fourth-order valence-corrected chi connectivity index (χ4v) is 4.98. The third kappa shape index (κ3) is 2.43. The van der Waals surface area contributed by atoms with E-state index in [4.69, 9.17) is 9.84 Å². The van der Waals surface area contributed by atoms with Gasteiger partial charge in [0.25, 0.3) is 0 Å². The highest BCUT2D eigenvalue weighted by Gasteiger charge is 2.50. The van der Waals surface area contributed by atoms with Gasteiger partial charge >= 0.3 is 0 Å². The van der Waals surface area contributed by atoms with Crippen molar-refractivity contribution in [1.82, 2.24) is 9.78 Å². The van der Waals surface area contributed by atoms with Crippen molar-refractivity contribution in [3.05, 3.63) is 47.2 Å². The quantitative estimate of drug-likeness (QED) is 0.820. The van der Waals surface area contributed by atoms with Crippen LogP contribution >= 0.6 is 0 Å². The first kappa shape index (κ1) is 17.5. The second-order valence-corrected chi connectivity index (χ2v) is 7.78. The summed E-state index contributed by atoms with van der Waals surface area (Å²) in [4.78, 5) is 12.5. The van der Waals surface area contributed by atoms with Gasteiger partial charge in [0.2, 0.25) is 0 Å². The Labute approximate surface area is 159 Å². The lowest BCUT2D eigenvalue weighted by atomic mass is 9.58. The predicted octanol–water partition coefficient (Wildman–Crippen LogP) is 3.58. The minimum atomic E-state index is -0.402. The Kier molecular flexibility index (Phi) is 3.96. The van der Waals surface area contributed by atoms with Crippen molar-refractivity contribution >= 4 is 5.78 Å². The number of nitriles is 1. The van der Waals surface area contributed by atoms with Crippen LogP contribution in [0.5, 0.6) is 5.75 Å². The molecule has 3 atom stereocenters. The molecule has 0 saturated carbocycles. The Morgan fingerprint density at radius 3 is 2.89 bits per heavy atom. The van der Waals surface area contributed by atoms with Crippen LogP contribution in [0.1, 0.15) is 31.5 Å². The summed E-state index contributed by atoms with van der Waals surface area (Å²) < 4.78 is 7.31. The molecular formula is C22H23N3O2. The van der Waals surface area contributed by atoms with Gasteiger partial charge in [0.15, 0.2) is 5.78 Å². The molecule has 2 aliphatic carbocycles. The summed E-state index contributed by atoms with van der Waals surface area (Å²) in [5, 5.41) is 14.3. The maximum absolute atomic E-state index is 12.5. The summed E-state index contributed by atoms with van der Waals surface area (Å²) in [6, 6.07) is 10.1. The van der Waals surface area contributed by atoms with Gasteiger partial charge in [-0.2, -0.15) is 10.4 Å². The number of hydrogen-bond acceptors (Lipinski definition) is 4. The van der Waals surface area contributed by atoms with Gasteiger partial charge < -0.3 is 4.74 Å². The van der Waals surface area contributed by atoms with Crippen LogP contribution < -0.4 is 4.74 Å². The zero-order chi connectivity index (χ0) is 19.3. The Morgan fingerprint density at radius 2 is 2.19 bits per heavy atom. The molecule has 0 amide bonds. The second-order valence-electron chi connectivity index (χ2n) is 7.78. The number of benzene rings is 1. The highest BCUT2D eigenvalue weighted by Crippen LogP contribution is 2.51. The van der Waals surface area contributed by atoms with Crippen molar-refractivity contribution in [3.8, 4) is 23.1 Å². The number of methoxy groups -OCH3 is 1. The number of aromatic nitrogens is 2. The van der Waals surface area contributed by atoms with E-state index in [-0.39, 0.29) is 23.2 Å². The Bertz CT molecular complexity index is 1010. The highest BCUT2D eigenvalue weighted by atomic mass is 16.5. The number of Topliss-reactive ketones (excluding diaryl/α,β-unsaturated/α-hetero) is 1. The number of aryl methyl sites for hydroxylation is 1. The molecule has 0 radical (unpaired) electrons. The van der Waals surface area contributed by atoms with Gasteiger partial charge in [-0.3, -0.25) is 9.48 Å². The van der Waals surface area contributed by atoms with E-state index in [1.165, 1.54) is 5.56 Å². The van der Waals surface area contributed by atoms with E-state index < -0.39 is 5.41 Å². The predicted molar refractivity (Wildman–Crippen MR) is 102 cm³/mol. The topological polar surface area (TPSA) is 67.9 Å². The van der Waals surface area contributed by atoms with Gasteiger partial charge in [0.1, 0.15) is 11.8 Å². The van der Waals surface area contributed by atoms with Crippen molar-refractivity contribution < 1.29 is 9.53 Å². The molecule has 1 aromatic heterocycles. The number of ketones is 1. The minimum Gasteiger partial charge on any atom is -0.497 e. The molecule has 0 fully saturated rings. The maximum Gasteiger partial charge on any atom is 0.176 e. The minimum absolute atomic E-state index is 0.0348. The number of hydrogen-bond donors (Lipinski definition) is 0. The van der Waals surface area contributed by atoms with E-state index >= 15 is 0 Å². The highest BCUT2D eigenvalue weighted by molar-refractivity contribution is 6.02. The summed E-state index contributed by atoms with van der Waals surface area (Å²) in [5.41, 5.74) is 4.21. The largest absolute Gasteiger partial charge is 0.497 e. The monoisotopic (exact) mass is 361 g/mol. The normalized spacial score (nSPS) is 26.6. The Balaban J connectivity index is 1.92. The number of carbonyl (C=O) groups excluding carboxylic acids is 1. The summed E-state index contributed by atoms with van der Waals surface area (Å²) in [5.74, 6) is 0.783. The first-order valence-corrected chi connectivity index (χ1v) is 9.28. The van der Waals surface area contributed by atoms with Crippen LogP contribution in [-0.4, -0.2) is 22.7 Å². The molecular weight excluding hydrogens is 338 g/mol. The molecule has 5 nitrogen and oxygen atoms in total. The average molecular weight is 361 g/mol. The zero-order valence-electron chi connectivity index (χ0n) is 16.1. The molecule has 1 aromatic carbocycles. The average Bonchev–Trinajstić information content (AvgIpc) is 3.02. The van der Waals surface area contributed by atoms with Crippen molar-refractivity contribution in [2.45, 2.75) is 32.1 Å². The van der Waals surface area contributed by atoms with E-state index in [1.807, 2.05) is 42.9 Å². The number of carbonyl (C=O) groups is 1. The van der Waals surface area contributed by atoms with Crippen LogP contribution in [0.15, 0.2) is 35.9 Å². The van der Waals surface area contributed by atoms with Crippen LogP contribution in [0.25, 0.3) is 11.3 Å². The summed E-state index contributed by atoms with van der Waals surface area (Å²) in [7, 11) is 3.62. The molecule has 1 heterocycles. The Hall–Kier alpha value is -2.87. The van der Waals surface area contributed by atoms with E-state index in [0.29, 0.717) is 0 Å². The van der Waals surface area contributed by atoms with E-state index in [2.05, 4.69) is 19.1 Å². The molecule has 27 heavy (non-hydrogen) atoms. The van der Waals surface area contributed by atoms with Crippen LogP contribution in [0, 0.1) is 23.2 Å². The fourth-order valence-electron chi connectivity index (χ4n) is 4.98. The van der Waals surface area contributed by atoms with Crippen LogP contribution in [-0.2, 0) is 23.7 Å².